The standard InChI is InChI=1S/C23H22N4O3S/c1-15-13-16(2)20-19(14-15)31-23(25-20)27(12-11-26-10-4-9-24-26)21(28)17-5-7-18(8-6-17)22(29)30-3/h4-10,13-14H,11-12H2,1-3H3. The molecule has 2 aromatic heterocycles. The van der Waals surface area contributed by atoms with Gasteiger partial charge >= 0.3 is 5.97 Å². The molecule has 0 fully saturated rings. The van der Waals surface area contributed by atoms with Crippen LogP contribution < -0.4 is 4.90 Å². The highest BCUT2D eigenvalue weighted by molar-refractivity contribution is 7.22. The Balaban J connectivity index is 1.69. The monoisotopic (exact) mass is 434 g/mol. The van der Waals surface area contributed by atoms with Crippen molar-refractivity contribution in [2.24, 2.45) is 0 Å². The van der Waals surface area contributed by atoms with Crippen LogP contribution in [-0.2, 0) is 11.3 Å². The molecule has 0 saturated carbocycles. The van der Waals surface area contributed by atoms with Crippen molar-refractivity contribution in [3.8, 4) is 0 Å². The molecule has 0 unspecified atom stereocenters. The number of anilines is 1. The Morgan fingerprint density at radius 3 is 2.55 bits per heavy atom. The summed E-state index contributed by atoms with van der Waals surface area (Å²) in [5.74, 6) is -0.622. The van der Waals surface area contributed by atoms with E-state index in [2.05, 4.69) is 24.2 Å². The van der Waals surface area contributed by atoms with Gasteiger partial charge in [0.1, 0.15) is 0 Å². The van der Waals surface area contributed by atoms with Gasteiger partial charge in [-0.1, -0.05) is 17.4 Å². The van der Waals surface area contributed by atoms with Crippen molar-refractivity contribution in [1.82, 2.24) is 14.8 Å². The molecule has 1 amide bonds. The third kappa shape index (κ3) is 4.34. The van der Waals surface area contributed by atoms with Gasteiger partial charge in [0.05, 0.1) is 29.4 Å². The highest BCUT2D eigenvalue weighted by Crippen LogP contribution is 2.32. The molecule has 0 radical (unpaired) electrons. The number of amides is 1. The molecule has 0 atom stereocenters. The Morgan fingerprint density at radius 2 is 1.87 bits per heavy atom. The zero-order valence-corrected chi connectivity index (χ0v) is 18.3. The summed E-state index contributed by atoms with van der Waals surface area (Å²) in [6, 6.07) is 12.5. The van der Waals surface area contributed by atoms with Gasteiger partial charge in [0, 0.05) is 24.5 Å². The number of benzene rings is 2. The molecule has 2 aromatic carbocycles. The lowest BCUT2D eigenvalue weighted by Crippen LogP contribution is -2.34. The lowest BCUT2D eigenvalue weighted by atomic mass is 10.1. The summed E-state index contributed by atoms with van der Waals surface area (Å²) in [6.45, 7) is 5.03. The number of carbonyl (C=O) groups is 2. The quantitative estimate of drug-likeness (QED) is 0.424. The van der Waals surface area contributed by atoms with Crippen LogP contribution in [0.3, 0.4) is 0 Å². The van der Waals surface area contributed by atoms with Crippen LogP contribution in [0.4, 0.5) is 5.13 Å². The van der Waals surface area contributed by atoms with E-state index >= 15 is 0 Å². The first-order valence-electron chi connectivity index (χ1n) is 9.81. The van der Waals surface area contributed by atoms with Gasteiger partial charge < -0.3 is 4.74 Å². The molecule has 7 nitrogen and oxygen atoms in total. The molecule has 0 aliphatic carbocycles. The van der Waals surface area contributed by atoms with Gasteiger partial charge in [-0.25, -0.2) is 9.78 Å². The molecule has 0 aliphatic heterocycles. The lowest BCUT2D eigenvalue weighted by molar-refractivity contribution is 0.0600. The van der Waals surface area contributed by atoms with E-state index in [1.54, 1.807) is 40.0 Å². The first-order chi connectivity index (χ1) is 15.0. The molecule has 4 aromatic rings. The van der Waals surface area contributed by atoms with Crippen LogP contribution >= 0.6 is 11.3 Å². The Hall–Kier alpha value is -3.52. The number of esters is 1. The molecule has 0 spiro atoms. The maximum atomic E-state index is 13.4. The predicted octanol–water partition coefficient (Wildman–Crippen LogP) is 4.24. The topological polar surface area (TPSA) is 77.3 Å². The average Bonchev–Trinajstić information content (AvgIpc) is 3.43. The molecule has 4 rings (SSSR count). The second-order valence-corrected chi connectivity index (χ2v) is 8.23. The minimum atomic E-state index is -0.438. The second-order valence-electron chi connectivity index (χ2n) is 7.22. The summed E-state index contributed by atoms with van der Waals surface area (Å²) in [4.78, 5) is 31.6. The van der Waals surface area contributed by atoms with Gasteiger partial charge in [0.15, 0.2) is 5.13 Å². The van der Waals surface area contributed by atoms with Gasteiger partial charge in [0.25, 0.3) is 5.91 Å². The van der Waals surface area contributed by atoms with E-state index < -0.39 is 5.97 Å². The van der Waals surface area contributed by atoms with E-state index in [1.165, 1.54) is 18.4 Å². The SMILES string of the molecule is COC(=O)c1ccc(C(=O)N(CCn2cccn2)c2nc3c(C)cc(C)cc3s2)cc1. The molecule has 31 heavy (non-hydrogen) atoms. The molecule has 0 bridgehead atoms. The van der Waals surface area contributed by atoms with Crippen molar-refractivity contribution in [1.29, 1.82) is 0 Å². The van der Waals surface area contributed by atoms with Crippen molar-refractivity contribution in [2.45, 2.75) is 20.4 Å². The fourth-order valence-corrected chi connectivity index (χ4v) is 4.58. The van der Waals surface area contributed by atoms with E-state index in [1.807, 2.05) is 19.2 Å². The normalized spacial score (nSPS) is 10.9. The van der Waals surface area contributed by atoms with Crippen LogP contribution in [0.2, 0.25) is 0 Å². The number of hydrogen-bond donors (Lipinski definition) is 0. The summed E-state index contributed by atoms with van der Waals surface area (Å²) < 4.78 is 7.56. The number of hydrogen-bond acceptors (Lipinski definition) is 6. The zero-order chi connectivity index (χ0) is 22.0. The molecule has 158 valence electrons. The summed E-state index contributed by atoms with van der Waals surface area (Å²) in [5.41, 5.74) is 4.02. The third-order valence-electron chi connectivity index (χ3n) is 4.96. The second kappa shape index (κ2) is 8.69. The van der Waals surface area contributed by atoms with E-state index in [4.69, 9.17) is 9.72 Å². The van der Waals surface area contributed by atoms with Crippen LogP contribution in [0, 0.1) is 13.8 Å². The molecule has 0 N–H and O–H groups in total. The largest absolute Gasteiger partial charge is 0.465 e. The van der Waals surface area contributed by atoms with Gasteiger partial charge in [0.2, 0.25) is 0 Å². The summed E-state index contributed by atoms with van der Waals surface area (Å²) >= 11 is 1.50. The van der Waals surface area contributed by atoms with E-state index in [9.17, 15) is 9.59 Å². The van der Waals surface area contributed by atoms with Gasteiger partial charge in [-0.3, -0.25) is 14.4 Å². The number of fused-ring (bicyclic) bond motifs is 1. The highest BCUT2D eigenvalue weighted by atomic mass is 32.1. The van der Waals surface area contributed by atoms with Crippen molar-refractivity contribution < 1.29 is 14.3 Å². The molecule has 0 saturated heterocycles. The predicted molar refractivity (Wildman–Crippen MR) is 121 cm³/mol. The molecular formula is C23H22N4O3S. The number of thiazole rings is 1. The van der Waals surface area contributed by atoms with Crippen LogP contribution in [0.1, 0.15) is 31.8 Å². The van der Waals surface area contributed by atoms with Crippen LogP contribution in [-0.4, -0.2) is 40.3 Å². The summed E-state index contributed by atoms with van der Waals surface area (Å²) in [5, 5.41) is 4.87. The first-order valence-corrected chi connectivity index (χ1v) is 10.6. The third-order valence-corrected chi connectivity index (χ3v) is 5.98. The number of rotatable bonds is 6. The van der Waals surface area contributed by atoms with Crippen molar-refractivity contribution >= 4 is 38.6 Å². The number of aromatic nitrogens is 3. The fraction of sp³-hybridized carbons (Fsp3) is 0.217. The number of carbonyl (C=O) groups excluding carboxylic acids is 2. The molecule has 8 heteroatoms. The smallest absolute Gasteiger partial charge is 0.337 e. The van der Waals surface area contributed by atoms with Gasteiger partial charge in [-0.15, -0.1) is 0 Å². The van der Waals surface area contributed by atoms with Crippen LogP contribution in [0.25, 0.3) is 10.2 Å². The molecule has 0 aliphatic rings. The minimum Gasteiger partial charge on any atom is -0.465 e. The zero-order valence-electron chi connectivity index (χ0n) is 17.5. The number of ether oxygens (including phenoxy) is 1. The Labute approximate surface area is 183 Å². The maximum absolute atomic E-state index is 13.4. The first kappa shape index (κ1) is 20.7. The van der Waals surface area contributed by atoms with Crippen molar-refractivity contribution in [3.05, 3.63) is 77.1 Å². The van der Waals surface area contributed by atoms with Crippen LogP contribution in [0.5, 0.6) is 0 Å². The number of aryl methyl sites for hydroxylation is 2. The van der Waals surface area contributed by atoms with Crippen molar-refractivity contribution in [3.63, 3.8) is 0 Å². The van der Waals surface area contributed by atoms with Gasteiger partial charge in [-0.2, -0.15) is 5.10 Å². The Bertz CT molecular complexity index is 1230. The molecular weight excluding hydrogens is 412 g/mol. The van der Waals surface area contributed by atoms with Crippen molar-refractivity contribution in [2.75, 3.05) is 18.6 Å². The fourth-order valence-electron chi connectivity index (χ4n) is 3.42. The van der Waals surface area contributed by atoms with E-state index in [0.717, 1.165) is 21.3 Å². The maximum Gasteiger partial charge on any atom is 0.337 e. The van der Waals surface area contributed by atoms with Gasteiger partial charge in [-0.05, 0) is 61.4 Å². The minimum absolute atomic E-state index is 0.183. The van der Waals surface area contributed by atoms with Crippen LogP contribution in [0.15, 0.2) is 54.9 Å². The highest BCUT2D eigenvalue weighted by Gasteiger charge is 2.22. The summed E-state index contributed by atoms with van der Waals surface area (Å²) in [6.07, 6.45) is 3.57. The molecule has 2 heterocycles. The Kier molecular flexibility index (Phi) is 5.81. The number of methoxy groups -OCH3 is 1. The Morgan fingerprint density at radius 1 is 1.13 bits per heavy atom. The van der Waals surface area contributed by atoms with E-state index in [0.29, 0.717) is 29.3 Å². The average molecular weight is 435 g/mol. The summed E-state index contributed by atoms with van der Waals surface area (Å²) in [7, 11) is 1.33. The van der Waals surface area contributed by atoms with E-state index in [-0.39, 0.29) is 5.91 Å². The lowest BCUT2D eigenvalue weighted by Gasteiger charge is -2.20. The number of nitrogens with zero attached hydrogens (tertiary/aromatic N) is 4.